The Morgan fingerprint density at radius 2 is 1.70 bits per heavy atom. The highest BCUT2D eigenvalue weighted by Crippen LogP contribution is 2.37. The number of aromatic nitrogens is 2. The molecule has 7 heteroatoms. The Bertz CT molecular complexity index is 582. The average Bonchev–Trinajstić information content (AvgIpc) is 3.15. The molecule has 3 aliphatic rings. The molecule has 1 amide bonds. The van der Waals surface area contributed by atoms with Crippen molar-refractivity contribution in [1.82, 2.24) is 14.9 Å². The van der Waals surface area contributed by atoms with Crippen molar-refractivity contribution < 1.29 is 4.79 Å². The van der Waals surface area contributed by atoms with Crippen LogP contribution >= 0.6 is 11.8 Å². The molecule has 4 rings (SSSR count). The Morgan fingerprint density at radius 3 is 2.43 bits per heavy atom. The van der Waals surface area contributed by atoms with Crippen molar-refractivity contribution in [3.8, 4) is 0 Å². The van der Waals surface area contributed by atoms with Crippen LogP contribution in [0, 0.1) is 0 Å². The van der Waals surface area contributed by atoms with Crippen LogP contribution in [0.25, 0.3) is 0 Å². The number of nitrogens with zero attached hydrogens (tertiary/aromatic N) is 5. The molecule has 0 aromatic carbocycles. The van der Waals surface area contributed by atoms with Crippen LogP contribution in [-0.4, -0.2) is 66.3 Å². The normalized spacial score (nSPS) is 21.5. The zero-order valence-electron chi connectivity index (χ0n) is 13.4. The average molecular weight is 333 g/mol. The van der Waals surface area contributed by atoms with Gasteiger partial charge in [0, 0.05) is 39.3 Å². The molecule has 1 aromatic heterocycles. The van der Waals surface area contributed by atoms with Crippen molar-refractivity contribution >= 4 is 29.9 Å². The smallest absolute Gasteiger partial charge is 0.227 e. The molecular weight excluding hydrogens is 310 g/mol. The van der Waals surface area contributed by atoms with E-state index in [9.17, 15) is 4.79 Å². The van der Waals surface area contributed by atoms with Gasteiger partial charge in [-0.15, -0.1) is 11.8 Å². The third kappa shape index (κ3) is 2.98. The summed E-state index contributed by atoms with van der Waals surface area (Å²) in [4.78, 5) is 28.6. The van der Waals surface area contributed by atoms with Crippen LogP contribution in [0.15, 0.2) is 4.90 Å². The van der Waals surface area contributed by atoms with Gasteiger partial charge in [-0.3, -0.25) is 4.79 Å². The van der Waals surface area contributed by atoms with Gasteiger partial charge in [0.1, 0.15) is 5.82 Å². The zero-order chi connectivity index (χ0) is 15.6. The highest BCUT2D eigenvalue weighted by atomic mass is 32.2. The molecule has 23 heavy (non-hydrogen) atoms. The van der Waals surface area contributed by atoms with Crippen LogP contribution in [0.4, 0.5) is 11.8 Å². The fraction of sp³-hybridized carbons (Fsp3) is 0.688. The van der Waals surface area contributed by atoms with Gasteiger partial charge in [-0.25, -0.2) is 4.98 Å². The second kappa shape index (κ2) is 6.55. The molecule has 6 nitrogen and oxygen atoms in total. The Morgan fingerprint density at radius 1 is 0.913 bits per heavy atom. The molecule has 0 saturated carbocycles. The Kier molecular flexibility index (Phi) is 4.29. The summed E-state index contributed by atoms with van der Waals surface area (Å²) in [7, 11) is 0. The van der Waals surface area contributed by atoms with Crippen molar-refractivity contribution in [3.05, 3.63) is 5.69 Å². The van der Waals surface area contributed by atoms with Gasteiger partial charge < -0.3 is 14.7 Å². The minimum atomic E-state index is 0.784. The number of carbonyl (C=O) groups excluding carboxylic acids is 1. The lowest BCUT2D eigenvalue weighted by atomic mass is 10.2. The van der Waals surface area contributed by atoms with Gasteiger partial charge in [-0.1, -0.05) is 0 Å². The lowest BCUT2D eigenvalue weighted by Crippen LogP contribution is -2.46. The van der Waals surface area contributed by atoms with E-state index in [1.54, 1.807) is 0 Å². The summed E-state index contributed by atoms with van der Waals surface area (Å²) in [5.74, 6) is 3.17. The number of aryl methyl sites for hydroxylation is 1. The molecule has 0 bridgehead atoms. The van der Waals surface area contributed by atoms with Crippen molar-refractivity contribution in [1.29, 1.82) is 0 Å². The fourth-order valence-electron chi connectivity index (χ4n) is 3.51. The predicted molar refractivity (Wildman–Crippen MR) is 92.4 cm³/mol. The summed E-state index contributed by atoms with van der Waals surface area (Å²) in [6.45, 7) is 5.44. The number of rotatable bonds is 3. The molecular formula is C16H23N5OS. The summed E-state index contributed by atoms with van der Waals surface area (Å²) >= 11 is 1.90. The summed E-state index contributed by atoms with van der Waals surface area (Å²) in [5.41, 5.74) is 1.23. The first-order valence-corrected chi connectivity index (χ1v) is 9.56. The zero-order valence-corrected chi connectivity index (χ0v) is 14.2. The molecule has 2 fully saturated rings. The number of piperazine rings is 1. The maximum atomic E-state index is 10.9. The molecule has 1 aromatic rings. The molecule has 124 valence electrons. The van der Waals surface area contributed by atoms with Crippen molar-refractivity contribution in [2.75, 3.05) is 54.8 Å². The van der Waals surface area contributed by atoms with Gasteiger partial charge in [0.2, 0.25) is 12.4 Å². The van der Waals surface area contributed by atoms with Gasteiger partial charge in [0.15, 0.2) is 0 Å². The van der Waals surface area contributed by atoms with Crippen LogP contribution < -0.4 is 9.80 Å². The summed E-state index contributed by atoms with van der Waals surface area (Å²) < 4.78 is 0. The molecule has 4 heterocycles. The molecule has 2 saturated heterocycles. The minimum absolute atomic E-state index is 0.784. The maximum Gasteiger partial charge on any atom is 0.227 e. The van der Waals surface area contributed by atoms with Crippen molar-refractivity contribution in [3.63, 3.8) is 0 Å². The summed E-state index contributed by atoms with van der Waals surface area (Å²) in [5, 5.41) is 0. The van der Waals surface area contributed by atoms with Crippen LogP contribution in [0.5, 0.6) is 0 Å². The standard InChI is InChI=1S/C16H23N5OS/c22-12-19-7-9-20(10-8-19)15-14-13(4-3-11-23-14)17-16(18-15)21-5-1-2-6-21/h12H,1-11H2. The van der Waals surface area contributed by atoms with Gasteiger partial charge in [-0.05, 0) is 31.4 Å². The first kappa shape index (κ1) is 15.1. The second-order valence-electron chi connectivity index (χ2n) is 6.40. The van der Waals surface area contributed by atoms with E-state index in [0.717, 1.165) is 69.6 Å². The topological polar surface area (TPSA) is 52.6 Å². The Balaban J connectivity index is 1.66. The molecule has 0 unspecified atom stereocenters. The van der Waals surface area contributed by atoms with E-state index in [-0.39, 0.29) is 0 Å². The Labute approximate surface area is 141 Å². The van der Waals surface area contributed by atoms with E-state index in [4.69, 9.17) is 9.97 Å². The molecule has 0 aliphatic carbocycles. The van der Waals surface area contributed by atoms with E-state index in [1.807, 2.05) is 16.7 Å². The van der Waals surface area contributed by atoms with Crippen LogP contribution in [0.3, 0.4) is 0 Å². The highest BCUT2D eigenvalue weighted by molar-refractivity contribution is 7.99. The number of thioether (sulfide) groups is 1. The SMILES string of the molecule is O=CN1CCN(c2nc(N3CCCC3)nc3c2SCCC3)CC1. The molecule has 0 spiro atoms. The van der Waals surface area contributed by atoms with Crippen LogP contribution in [-0.2, 0) is 11.2 Å². The number of amides is 1. The van der Waals surface area contributed by atoms with Gasteiger partial charge in [0.05, 0.1) is 10.6 Å². The van der Waals surface area contributed by atoms with Crippen LogP contribution in [0.2, 0.25) is 0 Å². The predicted octanol–water partition coefficient (Wildman–Crippen LogP) is 1.39. The first-order valence-electron chi connectivity index (χ1n) is 8.58. The molecule has 0 atom stereocenters. The third-order valence-corrected chi connectivity index (χ3v) is 6.06. The van der Waals surface area contributed by atoms with Gasteiger partial charge in [0.25, 0.3) is 0 Å². The Hall–Kier alpha value is -1.50. The number of anilines is 2. The first-order chi connectivity index (χ1) is 11.3. The van der Waals surface area contributed by atoms with E-state index in [2.05, 4.69) is 9.80 Å². The van der Waals surface area contributed by atoms with E-state index >= 15 is 0 Å². The van der Waals surface area contributed by atoms with E-state index in [0.29, 0.717) is 0 Å². The lowest BCUT2D eigenvalue weighted by Gasteiger charge is -2.35. The molecule has 0 radical (unpaired) electrons. The molecule has 3 aliphatic heterocycles. The van der Waals surface area contributed by atoms with Gasteiger partial charge >= 0.3 is 0 Å². The largest absolute Gasteiger partial charge is 0.352 e. The van der Waals surface area contributed by atoms with Crippen LogP contribution in [0.1, 0.15) is 25.0 Å². The number of hydrogen-bond acceptors (Lipinski definition) is 6. The third-order valence-electron chi connectivity index (χ3n) is 4.86. The van der Waals surface area contributed by atoms with Crippen molar-refractivity contribution in [2.24, 2.45) is 0 Å². The van der Waals surface area contributed by atoms with Crippen molar-refractivity contribution in [2.45, 2.75) is 30.6 Å². The van der Waals surface area contributed by atoms with E-state index in [1.165, 1.54) is 29.9 Å². The second-order valence-corrected chi connectivity index (χ2v) is 7.50. The monoisotopic (exact) mass is 333 g/mol. The quantitative estimate of drug-likeness (QED) is 0.779. The highest BCUT2D eigenvalue weighted by Gasteiger charge is 2.27. The minimum Gasteiger partial charge on any atom is -0.352 e. The van der Waals surface area contributed by atoms with E-state index < -0.39 is 0 Å². The summed E-state index contributed by atoms with van der Waals surface area (Å²) in [6.07, 6.45) is 5.70. The number of carbonyl (C=O) groups is 1. The summed E-state index contributed by atoms with van der Waals surface area (Å²) in [6, 6.07) is 0. The lowest BCUT2D eigenvalue weighted by molar-refractivity contribution is -0.118. The maximum absolute atomic E-state index is 10.9. The van der Waals surface area contributed by atoms with Gasteiger partial charge in [-0.2, -0.15) is 4.98 Å². The molecule has 0 N–H and O–H groups in total. The number of hydrogen-bond donors (Lipinski definition) is 0. The number of fused-ring (bicyclic) bond motifs is 1. The fourth-order valence-corrected chi connectivity index (χ4v) is 4.63.